The van der Waals surface area contributed by atoms with Crippen molar-refractivity contribution in [2.24, 2.45) is 0 Å². The van der Waals surface area contributed by atoms with Crippen LogP contribution in [-0.4, -0.2) is 31.5 Å². The molecule has 4 unspecified atom stereocenters. The summed E-state index contributed by atoms with van der Waals surface area (Å²) in [6.45, 7) is 8.57. The van der Waals surface area contributed by atoms with Crippen molar-refractivity contribution in [2.75, 3.05) is 11.5 Å². The van der Waals surface area contributed by atoms with Crippen molar-refractivity contribution < 1.29 is 0 Å². The van der Waals surface area contributed by atoms with E-state index in [-0.39, 0.29) is 9.49 Å². The molecule has 0 amide bonds. The third kappa shape index (κ3) is 4.72. The first-order valence-corrected chi connectivity index (χ1v) is 13.9. The summed E-state index contributed by atoms with van der Waals surface area (Å²) >= 11 is 4.14. The van der Waals surface area contributed by atoms with Gasteiger partial charge in [-0.05, 0) is 24.0 Å². The highest BCUT2D eigenvalue weighted by Gasteiger charge is 2.50. The molecule has 2 saturated heterocycles. The Morgan fingerprint density at radius 1 is 0.750 bits per heavy atom. The van der Waals surface area contributed by atoms with Gasteiger partial charge in [-0.3, -0.25) is 0 Å². The topological polar surface area (TPSA) is 0 Å². The van der Waals surface area contributed by atoms with E-state index in [0.29, 0.717) is 10.5 Å². The summed E-state index contributed by atoms with van der Waals surface area (Å²) in [4.78, 5) is 0. The Bertz CT molecular complexity index is 728. The minimum Gasteiger partial charge on any atom is -0.155 e. The molecule has 28 heavy (non-hydrogen) atoms. The average Bonchev–Trinajstić information content (AvgIpc) is 3.64. The lowest BCUT2D eigenvalue weighted by molar-refractivity contribution is 0.730. The summed E-state index contributed by atoms with van der Waals surface area (Å²) in [5.41, 5.74) is 2.80. The van der Waals surface area contributed by atoms with Crippen molar-refractivity contribution in [3.05, 3.63) is 97.1 Å². The molecule has 0 N–H and O–H groups in total. The van der Waals surface area contributed by atoms with Gasteiger partial charge in [0.05, 0.1) is 9.49 Å². The monoisotopic (exact) mass is 442 g/mol. The van der Waals surface area contributed by atoms with E-state index in [4.69, 9.17) is 0 Å². The van der Waals surface area contributed by atoms with Crippen LogP contribution in [0.4, 0.5) is 0 Å². The normalized spacial score (nSPS) is 24.6. The van der Waals surface area contributed by atoms with Gasteiger partial charge in [0.2, 0.25) is 0 Å². The first-order chi connectivity index (χ1) is 13.7. The third-order valence-corrected chi connectivity index (χ3v) is 11.9. The summed E-state index contributed by atoms with van der Waals surface area (Å²) in [5, 5.41) is 1.32. The number of benzene rings is 2. The number of hydrogen-bond acceptors (Lipinski definition) is 4. The maximum atomic E-state index is 4.28. The summed E-state index contributed by atoms with van der Waals surface area (Å²) in [6.07, 6.45) is 6.53. The average molecular weight is 443 g/mol. The fourth-order valence-electron chi connectivity index (χ4n) is 3.51. The summed E-state index contributed by atoms with van der Waals surface area (Å²) in [5.74, 6) is 2.48. The fourth-order valence-corrected chi connectivity index (χ4v) is 10.2. The second kappa shape index (κ2) is 8.99. The fraction of sp³-hybridized carbons (Fsp3) is 0.333. The van der Waals surface area contributed by atoms with Crippen LogP contribution in [0.15, 0.2) is 86.0 Å². The molecule has 0 aliphatic carbocycles. The molecule has 4 heteroatoms. The molecular weight excluding hydrogens is 417 g/mol. The second-order valence-electron chi connectivity index (χ2n) is 7.45. The highest BCUT2D eigenvalue weighted by atomic mass is 33.1. The molecule has 0 saturated carbocycles. The Morgan fingerprint density at radius 3 is 1.39 bits per heavy atom. The zero-order valence-corrected chi connectivity index (χ0v) is 19.2. The molecule has 2 aliphatic rings. The first kappa shape index (κ1) is 20.6. The molecule has 0 aromatic heterocycles. The van der Waals surface area contributed by atoms with Crippen LogP contribution in [0, 0.1) is 0 Å². The van der Waals surface area contributed by atoms with Gasteiger partial charge in [-0.25, -0.2) is 0 Å². The highest BCUT2D eigenvalue weighted by molar-refractivity contribution is 8.78. The van der Waals surface area contributed by atoms with Crippen molar-refractivity contribution >= 4 is 45.1 Å². The van der Waals surface area contributed by atoms with Crippen LogP contribution in [0.5, 0.6) is 0 Å². The van der Waals surface area contributed by atoms with Crippen LogP contribution in [-0.2, 0) is 12.8 Å². The van der Waals surface area contributed by atoms with Gasteiger partial charge in [0.1, 0.15) is 0 Å². The molecule has 0 radical (unpaired) electrons. The van der Waals surface area contributed by atoms with Crippen LogP contribution >= 0.6 is 45.1 Å². The maximum Gasteiger partial charge on any atom is 0.0606 e. The lowest BCUT2D eigenvalue weighted by Gasteiger charge is -2.35. The van der Waals surface area contributed by atoms with Gasteiger partial charge < -0.3 is 0 Å². The Kier molecular flexibility index (Phi) is 6.61. The molecule has 0 nitrogen and oxygen atoms in total. The van der Waals surface area contributed by atoms with E-state index in [1.807, 2.05) is 21.6 Å². The standard InChI is InChI=1S/C24H26S4/c1-3-23(21-17-25-21,15-19-11-7-5-8-12-19)27-28-24(4-2,22-18-26-22)16-20-13-9-6-10-14-20/h3-14,21-22H,1-2,15-18H2. The van der Waals surface area contributed by atoms with Crippen LogP contribution in [0.3, 0.4) is 0 Å². The number of thioether (sulfide) groups is 2. The van der Waals surface area contributed by atoms with Crippen molar-refractivity contribution in [1.82, 2.24) is 0 Å². The molecule has 2 aliphatic heterocycles. The molecule has 0 bridgehead atoms. The Balaban J connectivity index is 1.55. The molecule has 2 aromatic rings. The minimum absolute atomic E-state index is 0.0706. The molecule has 2 aromatic carbocycles. The predicted octanol–water partition coefficient (Wildman–Crippen LogP) is 6.93. The summed E-state index contributed by atoms with van der Waals surface area (Å²) in [6, 6.07) is 21.8. The molecule has 146 valence electrons. The van der Waals surface area contributed by atoms with E-state index in [2.05, 4.69) is 109 Å². The minimum atomic E-state index is 0.0706. The van der Waals surface area contributed by atoms with E-state index in [0.717, 1.165) is 12.8 Å². The molecule has 2 heterocycles. The largest absolute Gasteiger partial charge is 0.155 e. The van der Waals surface area contributed by atoms with Crippen molar-refractivity contribution in [3.8, 4) is 0 Å². The SMILES string of the molecule is C=CC(Cc1ccccc1)(SSC(C=C)(Cc1ccccc1)C1CS1)C1CS1. The molecule has 4 rings (SSSR count). The van der Waals surface area contributed by atoms with Gasteiger partial charge >= 0.3 is 0 Å². The number of rotatable bonds is 11. The van der Waals surface area contributed by atoms with Gasteiger partial charge in [0.25, 0.3) is 0 Å². The summed E-state index contributed by atoms with van der Waals surface area (Å²) in [7, 11) is 4.09. The van der Waals surface area contributed by atoms with Gasteiger partial charge in [-0.15, -0.1) is 13.2 Å². The van der Waals surface area contributed by atoms with Crippen LogP contribution in [0.1, 0.15) is 11.1 Å². The third-order valence-electron chi connectivity index (χ3n) is 5.45. The lowest BCUT2D eigenvalue weighted by atomic mass is 9.96. The smallest absolute Gasteiger partial charge is 0.0606 e. The Morgan fingerprint density at radius 2 is 1.11 bits per heavy atom. The Hall–Kier alpha value is -0.680. The van der Waals surface area contributed by atoms with E-state index in [9.17, 15) is 0 Å². The van der Waals surface area contributed by atoms with Crippen molar-refractivity contribution in [3.63, 3.8) is 0 Å². The van der Waals surface area contributed by atoms with Crippen molar-refractivity contribution in [1.29, 1.82) is 0 Å². The molecule has 4 atom stereocenters. The maximum absolute atomic E-state index is 4.28. The highest BCUT2D eigenvalue weighted by Crippen LogP contribution is 2.60. The zero-order chi connectivity index (χ0) is 19.5. The van der Waals surface area contributed by atoms with Crippen LogP contribution < -0.4 is 0 Å². The second-order valence-corrected chi connectivity index (χ2v) is 12.8. The predicted molar refractivity (Wildman–Crippen MR) is 134 cm³/mol. The first-order valence-electron chi connectivity index (χ1n) is 9.65. The molecule has 0 spiro atoms. The van der Waals surface area contributed by atoms with Gasteiger partial charge in [0, 0.05) is 22.0 Å². The Labute approximate surface area is 185 Å². The number of hydrogen-bond donors (Lipinski definition) is 0. The van der Waals surface area contributed by atoms with E-state index in [1.165, 1.54) is 22.6 Å². The van der Waals surface area contributed by atoms with Gasteiger partial charge in [-0.1, -0.05) is 94.4 Å². The molecular formula is C24H26S4. The van der Waals surface area contributed by atoms with Crippen LogP contribution in [0.2, 0.25) is 0 Å². The van der Waals surface area contributed by atoms with Crippen LogP contribution in [0.25, 0.3) is 0 Å². The zero-order valence-electron chi connectivity index (χ0n) is 16.0. The van der Waals surface area contributed by atoms with E-state index in [1.54, 1.807) is 0 Å². The summed E-state index contributed by atoms with van der Waals surface area (Å²) < 4.78 is 0.141. The van der Waals surface area contributed by atoms with Crippen molar-refractivity contribution in [2.45, 2.75) is 32.8 Å². The van der Waals surface area contributed by atoms with E-state index >= 15 is 0 Å². The van der Waals surface area contributed by atoms with Gasteiger partial charge in [-0.2, -0.15) is 23.5 Å². The molecule has 2 fully saturated rings. The quantitative estimate of drug-likeness (QED) is 0.210. The van der Waals surface area contributed by atoms with E-state index < -0.39 is 0 Å². The van der Waals surface area contributed by atoms with Gasteiger partial charge in [0.15, 0.2) is 0 Å². The lowest BCUT2D eigenvalue weighted by Crippen LogP contribution is -2.35.